The van der Waals surface area contributed by atoms with Crippen molar-refractivity contribution in [2.75, 3.05) is 11.9 Å². The van der Waals surface area contributed by atoms with Crippen LogP contribution in [0.2, 0.25) is 0 Å². The molecule has 0 radical (unpaired) electrons. The summed E-state index contributed by atoms with van der Waals surface area (Å²) in [4.78, 5) is 18.9. The number of hydrogen-bond acceptors (Lipinski definition) is 5. The summed E-state index contributed by atoms with van der Waals surface area (Å²) >= 11 is 1.17. The van der Waals surface area contributed by atoms with Gasteiger partial charge >= 0.3 is 12.2 Å². The van der Waals surface area contributed by atoms with Gasteiger partial charge in [0, 0.05) is 44.0 Å². The van der Waals surface area contributed by atoms with E-state index in [9.17, 15) is 23.1 Å². The predicted octanol–water partition coefficient (Wildman–Crippen LogP) is 1.84. The van der Waals surface area contributed by atoms with Gasteiger partial charge in [0.05, 0.1) is 0 Å². The number of nitrogens with one attached hydrogen (secondary N) is 2. The monoisotopic (exact) mass is 349 g/mol. The summed E-state index contributed by atoms with van der Waals surface area (Å²) < 4.78 is 40.8. The Balaban J connectivity index is 2.00. The van der Waals surface area contributed by atoms with Crippen LogP contribution in [0.1, 0.15) is 12.2 Å². The maximum atomic E-state index is 13.2. The largest absolute Gasteiger partial charge is 0.424 e. The van der Waals surface area contributed by atoms with E-state index in [1.54, 1.807) is 5.38 Å². The lowest BCUT2D eigenvalue weighted by Gasteiger charge is -2.29. The van der Waals surface area contributed by atoms with Crippen LogP contribution in [0, 0.1) is 0 Å². The first-order valence-corrected chi connectivity index (χ1v) is 7.33. The van der Waals surface area contributed by atoms with E-state index in [4.69, 9.17) is 0 Å². The Bertz CT molecular complexity index is 658. The number of hydrogen-bond donors (Lipinski definition) is 3. The molecule has 0 saturated carbocycles. The standard InChI is InChI=1S/C12H14F3N5O2S/c1-20-6-4-16-8(20)11(22,12(13,14)15)2-3-17-9(21)19-10-18-5-7-23-10/h4-7,22H,2-3H2,1H3,(H2,17,18,19,21). The molecule has 0 aliphatic heterocycles. The van der Waals surface area contributed by atoms with E-state index >= 15 is 0 Å². The molecule has 2 aromatic heterocycles. The molecule has 1 unspecified atom stereocenters. The first kappa shape index (κ1) is 17.2. The lowest BCUT2D eigenvalue weighted by molar-refractivity contribution is -0.272. The van der Waals surface area contributed by atoms with E-state index in [1.807, 2.05) is 0 Å². The average Bonchev–Trinajstić information content (AvgIpc) is 3.08. The van der Waals surface area contributed by atoms with Gasteiger partial charge in [-0.1, -0.05) is 0 Å². The molecule has 0 aliphatic rings. The van der Waals surface area contributed by atoms with Crippen LogP contribution in [0.15, 0.2) is 24.0 Å². The van der Waals surface area contributed by atoms with E-state index in [0.717, 1.165) is 10.8 Å². The second-order valence-corrected chi connectivity index (χ2v) is 5.58. The Labute approximate surface area is 133 Å². The first-order chi connectivity index (χ1) is 10.7. The number of halogens is 3. The predicted molar refractivity (Wildman–Crippen MR) is 76.9 cm³/mol. The van der Waals surface area contributed by atoms with Crippen molar-refractivity contribution in [3.05, 3.63) is 29.8 Å². The van der Waals surface area contributed by atoms with Gasteiger partial charge in [0.1, 0.15) is 5.82 Å². The van der Waals surface area contributed by atoms with Crippen molar-refractivity contribution in [3.63, 3.8) is 0 Å². The molecule has 23 heavy (non-hydrogen) atoms. The fraction of sp³-hybridized carbons (Fsp3) is 0.417. The van der Waals surface area contributed by atoms with Gasteiger partial charge in [-0.2, -0.15) is 13.2 Å². The summed E-state index contributed by atoms with van der Waals surface area (Å²) in [6, 6.07) is -0.704. The molecular formula is C12H14F3N5O2S. The van der Waals surface area contributed by atoms with Gasteiger partial charge in [0.15, 0.2) is 5.13 Å². The van der Waals surface area contributed by atoms with Crippen molar-refractivity contribution in [2.45, 2.75) is 18.2 Å². The van der Waals surface area contributed by atoms with Crippen molar-refractivity contribution in [2.24, 2.45) is 7.05 Å². The lowest BCUT2D eigenvalue weighted by Crippen LogP contribution is -2.47. The van der Waals surface area contributed by atoms with Gasteiger partial charge in [-0.05, 0) is 0 Å². The topological polar surface area (TPSA) is 92.1 Å². The van der Waals surface area contributed by atoms with E-state index in [0.29, 0.717) is 5.13 Å². The molecule has 3 N–H and O–H groups in total. The first-order valence-electron chi connectivity index (χ1n) is 6.45. The normalized spacial score (nSPS) is 14.3. The maximum absolute atomic E-state index is 13.2. The van der Waals surface area contributed by atoms with E-state index in [2.05, 4.69) is 20.6 Å². The van der Waals surface area contributed by atoms with Crippen molar-refractivity contribution in [1.82, 2.24) is 19.9 Å². The Morgan fingerprint density at radius 1 is 1.39 bits per heavy atom. The number of thiazole rings is 1. The minimum atomic E-state index is -4.93. The molecule has 11 heteroatoms. The summed E-state index contributed by atoms with van der Waals surface area (Å²) in [7, 11) is 1.35. The third kappa shape index (κ3) is 3.79. The number of imidazole rings is 1. The van der Waals surface area contributed by atoms with Crippen molar-refractivity contribution >= 4 is 22.5 Å². The second-order valence-electron chi connectivity index (χ2n) is 4.69. The smallest absolute Gasteiger partial charge is 0.374 e. The number of aryl methyl sites for hydroxylation is 1. The molecule has 2 heterocycles. The highest BCUT2D eigenvalue weighted by atomic mass is 32.1. The number of aromatic nitrogens is 3. The Kier molecular flexibility index (Phi) is 4.90. The van der Waals surface area contributed by atoms with E-state index < -0.39 is 36.6 Å². The second kappa shape index (κ2) is 6.54. The molecule has 0 fully saturated rings. The molecule has 0 aliphatic carbocycles. The Morgan fingerprint density at radius 2 is 2.13 bits per heavy atom. The highest BCUT2D eigenvalue weighted by molar-refractivity contribution is 7.13. The molecule has 7 nitrogen and oxygen atoms in total. The van der Waals surface area contributed by atoms with Crippen LogP contribution in [-0.2, 0) is 12.6 Å². The number of rotatable bonds is 5. The number of aliphatic hydroxyl groups is 1. The van der Waals surface area contributed by atoms with Crippen molar-refractivity contribution in [1.29, 1.82) is 0 Å². The fourth-order valence-corrected chi connectivity index (χ4v) is 2.45. The number of urea groups is 1. The summed E-state index contributed by atoms with van der Waals surface area (Å²) in [5, 5.41) is 16.6. The molecule has 0 bridgehead atoms. The zero-order valence-electron chi connectivity index (χ0n) is 12.0. The van der Waals surface area contributed by atoms with Gasteiger partial charge in [0.2, 0.25) is 5.60 Å². The van der Waals surface area contributed by atoms with Crippen LogP contribution in [0.3, 0.4) is 0 Å². The zero-order chi connectivity index (χ0) is 17.1. The fourth-order valence-electron chi connectivity index (χ4n) is 1.93. The molecular weight excluding hydrogens is 335 g/mol. The number of alkyl halides is 3. The summed E-state index contributed by atoms with van der Waals surface area (Å²) in [6.45, 7) is -0.403. The van der Waals surface area contributed by atoms with Crippen LogP contribution in [0.25, 0.3) is 0 Å². The van der Waals surface area contributed by atoms with Crippen molar-refractivity contribution in [3.8, 4) is 0 Å². The number of nitrogens with zero attached hydrogens (tertiary/aromatic N) is 3. The van der Waals surface area contributed by atoms with Crippen LogP contribution in [0.5, 0.6) is 0 Å². The number of carbonyl (C=O) groups excluding carboxylic acids is 1. The quantitative estimate of drug-likeness (QED) is 0.768. The van der Waals surface area contributed by atoms with Crippen LogP contribution in [0.4, 0.5) is 23.1 Å². The third-order valence-corrected chi connectivity index (χ3v) is 3.77. The van der Waals surface area contributed by atoms with Crippen LogP contribution in [-0.4, -0.2) is 38.4 Å². The highest BCUT2D eigenvalue weighted by Crippen LogP contribution is 2.40. The van der Waals surface area contributed by atoms with Gasteiger partial charge in [-0.25, -0.2) is 14.8 Å². The molecule has 126 valence electrons. The number of carbonyl (C=O) groups is 1. The minimum Gasteiger partial charge on any atom is -0.374 e. The van der Waals surface area contributed by atoms with Gasteiger partial charge < -0.3 is 15.0 Å². The Hall–Kier alpha value is -2.14. The summed E-state index contributed by atoms with van der Waals surface area (Å²) in [5.74, 6) is -0.535. The average molecular weight is 349 g/mol. The van der Waals surface area contributed by atoms with Gasteiger partial charge in [-0.3, -0.25) is 5.32 Å². The molecule has 2 amide bonds. The van der Waals surface area contributed by atoms with E-state index in [-0.39, 0.29) is 0 Å². The SMILES string of the molecule is Cn1ccnc1C(O)(CCNC(=O)Nc1nccs1)C(F)(F)F. The third-order valence-electron chi connectivity index (χ3n) is 3.09. The lowest BCUT2D eigenvalue weighted by atomic mass is 9.97. The summed E-state index contributed by atoms with van der Waals surface area (Å²) in [6.07, 6.45) is -1.76. The molecule has 1 atom stereocenters. The zero-order valence-corrected chi connectivity index (χ0v) is 12.8. The minimum absolute atomic E-state index is 0.317. The molecule has 0 spiro atoms. The van der Waals surface area contributed by atoms with Crippen LogP contribution < -0.4 is 10.6 Å². The van der Waals surface area contributed by atoms with E-state index in [1.165, 1.54) is 30.8 Å². The molecule has 0 saturated heterocycles. The van der Waals surface area contributed by atoms with Crippen LogP contribution >= 0.6 is 11.3 Å². The molecule has 0 aromatic carbocycles. The number of amides is 2. The molecule has 2 rings (SSSR count). The van der Waals surface area contributed by atoms with Crippen molar-refractivity contribution < 1.29 is 23.1 Å². The van der Waals surface area contributed by atoms with Gasteiger partial charge in [-0.15, -0.1) is 11.3 Å². The Morgan fingerprint density at radius 3 is 2.65 bits per heavy atom. The van der Waals surface area contributed by atoms with Gasteiger partial charge in [0.25, 0.3) is 0 Å². The summed E-state index contributed by atoms with van der Waals surface area (Å²) in [5.41, 5.74) is -3.15. The molecule has 2 aromatic rings. The maximum Gasteiger partial charge on any atom is 0.424 e. The highest BCUT2D eigenvalue weighted by Gasteiger charge is 2.57. The number of anilines is 1.